The van der Waals surface area contributed by atoms with Gasteiger partial charge in [0.2, 0.25) is 5.78 Å². The summed E-state index contributed by atoms with van der Waals surface area (Å²) in [5.41, 5.74) is 1.67. The topological polar surface area (TPSA) is 102 Å². The molecule has 3 rings (SSSR count). The number of carbonyl (C=O) groups is 2. The van der Waals surface area contributed by atoms with Crippen molar-refractivity contribution in [3.05, 3.63) is 74.4 Å². The zero-order chi connectivity index (χ0) is 19.7. The first-order valence-corrected chi connectivity index (χ1v) is 8.44. The van der Waals surface area contributed by atoms with Crippen molar-refractivity contribution < 1.29 is 19.2 Å². The van der Waals surface area contributed by atoms with Gasteiger partial charge < -0.3 is 9.72 Å². The third kappa shape index (κ3) is 3.54. The number of aromatic amines is 1. The number of aryl methyl sites for hydroxylation is 1. The van der Waals surface area contributed by atoms with Crippen LogP contribution in [0.1, 0.15) is 33.3 Å². The third-order valence-electron chi connectivity index (χ3n) is 4.18. The Kier molecular flexibility index (Phi) is 4.96. The van der Waals surface area contributed by atoms with Gasteiger partial charge >= 0.3 is 5.97 Å². The quantitative estimate of drug-likeness (QED) is 0.301. The number of aromatic nitrogens is 1. The molecule has 7 nitrogen and oxygen atoms in total. The number of nitrogens with one attached hydrogen (secondary N) is 1. The van der Waals surface area contributed by atoms with Gasteiger partial charge in [-0.25, -0.2) is 4.79 Å². The van der Waals surface area contributed by atoms with E-state index < -0.39 is 17.0 Å². The second-order valence-electron chi connectivity index (χ2n) is 6.00. The molecule has 0 bridgehead atoms. The van der Waals surface area contributed by atoms with Crippen molar-refractivity contribution in [2.75, 3.05) is 0 Å². The van der Waals surface area contributed by atoms with Crippen molar-refractivity contribution >= 4 is 39.9 Å². The average molecular weight is 387 g/mol. The maximum Gasteiger partial charge on any atom is 0.340 e. The van der Waals surface area contributed by atoms with Crippen molar-refractivity contribution in [3.8, 4) is 0 Å². The van der Waals surface area contributed by atoms with Crippen molar-refractivity contribution in [3.63, 3.8) is 0 Å². The van der Waals surface area contributed by atoms with Crippen molar-refractivity contribution in [1.82, 2.24) is 4.98 Å². The van der Waals surface area contributed by atoms with Gasteiger partial charge in [-0.2, -0.15) is 0 Å². The minimum absolute atomic E-state index is 0.0439. The van der Waals surface area contributed by atoms with Crippen LogP contribution in [-0.4, -0.2) is 27.8 Å². The predicted molar refractivity (Wildman–Crippen MR) is 100 cm³/mol. The normalized spacial score (nSPS) is 12.0. The second kappa shape index (κ2) is 7.20. The van der Waals surface area contributed by atoms with Gasteiger partial charge in [-0.1, -0.05) is 29.8 Å². The number of rotatable bonds is 5. The molecule has 3 aromatic rings. The van der Waals surface area contributed by atoms with E-state index in [2.05, 4.69) is 4.98 Å². The van der Waals surface area contributed by atoms with Crippen LogP contribution in [0.4, 0.5) is 5.69 Å². The molecular weight excluding hydrogens is 372 g/mol. The fraction of sp³-hybridized carbons (Fsp3) is 0.158. The summed E-state index contributed by atoms with van der Waals surface area (Å²) in [6.45, 7) is 3.25. The van der Waals surface area contributed by atoms with Crippen LogP contribution < -0.4 is 0 Å². The molecule has 0 saturated carbocycles. The first kappa shape index (κ1) is 18.6. The number of non-ortho nitro benzene ring substituents is 1. The minimum Gasteiger partial charge on any atom is -0.451 e. The molecular formula is C19H15ClN2O5. The molecule has 1 atom stereocenters. The number of nitro groups is 1. The van der Waals surface area contributed by atoms with Crippen LogP contribution in [0.25, 0.3) is 10.9 Å². The van der Waals surface area contributed by atoms with Crippen LogP contribution in [0.2, 0.25) is 5.02 Å². The fourth-order valence-electron chi connectivity index (χ4n) is 2.86. The molecule has 0 saturated heterocycles. The number of ketones is 1. The molecule has 1 N–H and O–H groups in total. The zero-order valence-corrected chi connectivity index (χ0v) is 15.2. The number of para-hydroxylation sites is 1. The van der Waals surface area contributed by atoms with E-state index in [1.165, 1.54) is 13.0 Å². The van der Waals surface area contributed by atoms with Crippen LogP contribution >= 0.6 is 11.6 Å². The smallest absolute Gasteiger partial charge is 0.340 e. The molecule has 27 heavy (non-hydrogen) atoms. The largest absolute Gasteiger partial charge is 0.451 e. The number of carbonyl (C=O) groups excluding carboxylic acids is 2. The number of Topliss-reactive ketones (excluding diaryl/α,β-unsaturated/α-hetero) is 1. The number of nitrogens with zero attached hydrogens (tertiary/aromatic N) is 1. The van der Waals surface area contributed by atoms with E-state index in [1.807, 2.05) is 24.3 Å². The highest BCUT2D eigenvalue weighted by Gasteiger charge is 2.26. The molecule has 0 radical (unpaired) electrons. The Labute approximate surface area is 159 Å². The maximum atomic E-state index is 12.8. The van der Waals surface area contributed by atoms with Gasteiger partial charge in [0.05, 0.1) is 15.5 Å². The molecule has 0 aliphatic rings. The lowest BCUT2D eigenvalue weighted by atomic mass is 10.0. The van der Waals surface area contributed by atoms with E-state index in [4.69, 9.17) is 16.3 Å². The third-order valence-corrected chi connectivity index (χ3v) is 4.49. The SMILES string of the molecule is Cc1[nH]c2ccccc2c1C(=O)C(C)OC(=O)c1ccc([N+](=O)[O-])cc1Cl. The van der Waals surface area contributed by atoms with E-state index in [1.54, 1.807) is 6.92 Å². The number of nitro benzene ring substituents is 1. The van der Waals surface area contributed by atoms with Crippen molar-refractivity contribution in [1.29, 1.82) is 0 Å². The molecule has 2 aromatic carbocycles. The van der Waals surface area contributed by atoms with Crippen LogP contribution in [0.3, 0.4) is 0 Å². The summed E-state index contributed by atoms with van der Waals surface area (Å²) in [5, 5.41) is 11.4. The Hall–Kier alpha value is -3.19. The number of H-pyrrole nitrogens is 1. The Morgan fingerprint density at radius 1 is 1.22 bits per heavy atom. The molecule has 0 aliphatic heterocycles. The maximum absolute atomic E-state index is 12.8. The molecule has 1 heterocycles. The summed E-state index contributed by atoms with van der Waals surface area (Å²) in [6.07, 6.45) is -1.05. The number of hydrogen-bond acceptors (Lipinski definition) is 5. The molecule has 0 amide bonds. The van der Waals surface area contributed by atoms with E-state index in [-0.39, 0.29) is 22.1 Å². The summed E-state index contributed by atoms with van der Waals surface area (Å²) in [5.74, 6) is -1.18. The summed E-state index contributed by atoms with van der Waals surface area (Å²) in [7, 11) is 0. The molecule has 138 valence electrons. The molecule has 0 aliphatic carbocycles. The first-order valence-electron chi connectivity index (χ1n) is 8.06. The van der Waals surface area contributed by atoms with E-state index in [0.29, 0.717) is 11.3 Å². The number of hydrogen-bond donors (Lipinski definition) is 1. The number of esters is 1. The standard InChI is InChI=1S/C19H15ClN2O5/c1-10-17(14-5-3-4-6-16(14)21-10)18(23)11(2)27-19(24)13-8-7-12(22(25)26)9-15(13)20/h3-9,11,21H,1-2H3. The van der Waals surface area contributed by atoms with E-state index >= 15 is 0 Å². The van der Waals surface area contributed by atoms with Gasteiger partial charge in [-0.05, 0) is 26.0 Å². The highest BCUT2D eigenvalue weighted by Crippen LogP contribution is 2.26. The molecule has 8 heteroatoms. The predicted octanol–water partition coefficient (Wildman–Crippen LogP) is 4.47. The number of benzene rings is 2. The molecule has 0 spiro atoms. The van der Waals surface area contributed by atoms with Gasteiger partial charge in [-0.3, -0.25) is 14.9 Å². The number of fused-ring (bicyclic) bond motifs is 1. The Morgan fingerprint density at radius 2 is 1.93 bits per heavy atom. The van der Waals surface area contributed by atoms with Crippen molar-refractivity contribution in [2.24, 2.45) is 0 Å². The monoisotopic (exact) mass is 386 g/mol. The van der Waals surface area contributed by atoms with Gasteiger partial charge in [0.25, 0.3) is 5.69 Å². The second-order valence-corrected chi connectivity index (χ2v) is 6.41. The summed E-state index contributed by atoms with van der Waals surface area (Å²) in [4.78, 5) is 38.4. The first-order chi connectivity index (χ1) is 12.8. The lowest BCUT2D eigenvalue weighted by molar-refractivity contribution is -0.384. The van der Waals surface area contributed by atoms with Crippen LogP contribution in [0.5, 0.6) is 0 Å². The Balaban J connectivity index is 1.83. The van der Waals surface area contributed by atoms with Gasteiger partial charge in [0.1, 0.15) is 0 Å². The number of ether oxygens (including phenoxy) is 1. The minimum atomic E-state index is -1.05. The zero-order valence-electron chi connectivity index (χ0n) is 14.5. The average Bonchev–Trinajstić information content (AvgIpc) is 2.96. The van der Waals surface area contributed by atoms with Gasteiger partial charge in [0.15, 0.2) is 6.10 Å². The summed E-state index contributed by atoms with van der Waals surface area (Å²) >= 11 is 5.94. The Bertz CT molecular complexity index is 1070. The highest BCUT2D eigenvalue weighted by molar-refractivity contribution is 6.33. The molecule has 1 unspecified atom stereocenters. The number of halogens is 1. The van der Waals surface area contributed by atoms with Gasteiger partial charge in [0, 0.05) is 34.3 Å². The van der Waals surface area contributed by atoms with Crippen LogP contribution in [0, 0.1) is 17.0 Å². The van der Waals surface area contributed by atoms with Gasteiger partial charge in [-0.15, -0.1) is 0 Å². The van der Waals surface area contributed by atoms with Crippen LogP contribution in [-0.2, 0) is 4.74 Å². The van der Waals surface area contributed by atoms with Crippen molar-refractivity contribution in [2.45, 2.75) is 20.0 Å². The van der Waals surface area contributed by atoms with E-state index in [9.17, 15) is 19.7 Å². The summed E-state index contributed by atoms with van der Waals surface area (Å²) in [6, 6.07) is 10.8. The molecule has 0 fully saturated rings. The van der Waals surface area contributed by atoms with Crippen LogP contribution in [0.15, 0.2) is 42.5 Å². The Morgan fingerprint density at radius 3 is 2.59 bits per heavy atom. The summed E-state index contributed by atoms with van der Waals surface area (Å²) < 4.78 is 5.25. The fourth-order valence-corrected chi connectivity index (χ4v) is 3.11. The lowest BCUT2D eigenvalue weighted by Gasteiger charge is -2.13. The lowest BCUT2D eigenvalue weighted by Crippen LogP contribution is -2.25. The molecule has 1 aromatic heterocycles. The van der Waals surface area contributed by atoms with E-state index in [0.717, 1.165) is 23.0 Å². The highest BCUT2D eigenvalue weighted by atomic mass is 35.5.